The predicted octanol–water partition coefficient (Wildman–Crippen LogP) is 2.14. The second kappa shape index (κ2) is 7.73. The van der Waals surface area contributed by atoms with Crippen molar-refractivity contribution in [2.75, 3.05) is 13.2 Å². The van der Waals surface area contributed by atoms with Crippen LogP contribution in [-0.4, -0.2) is 24.1 Å². The van der Waals surface area contributed by atoms with E-state index in [1.165, 1.54) is 6.07 Å². The average Bonchev–Trinajstić information content (AvgIpc) is 2.54. The molecule has 0 unspecified atom stereocenters. The molecule has 0 aliphatic carbocycles. The van der Waals surface area contributed by atoms with E-state index in [9.17, 15) is 14.9 Å². The molecule has 0 radical (unpaired) electrons. The van der Waals surface area contributed by atoms with E-state index in [1.807, 2.05) is 6.07 Å². The number of carbonyl (C=O) groups is 1. The zero-order chi connectivity index (χ0) is 18.6. The van der Waals surface area contributed by atoms with E-state index in [0.29, 0.717) is 29.2 Å². The van der Waals surface area contributed by atoms with Crippen LogP contribution >= 0.6 is 11.6 Å². The first kappa shape index (κ1) is 18.4. The molecule has 0 fully saturated rings. The second-order valence-corrected chi connectivity index (χ2v) is 5.56. The van der Waals surface area contributed by atoms with Crippen molar-refractivity contribution in [3.05, 3.63) is 44.8 Å². The second-order valence-electron chi connectivity index (χ2n) is 5.15. The SMILES string of the molecule is CCOc1cc(-c2cc(C)[nH]c(=O)c2C#N)c(Cl)cc1OCC(N)=O. The van der Waals surface area contributed by atoms with Gasteiger partial charge in [-0.15, -0.1) is 0 Å². The average molecular weight is 362 g/mol. The number of benzene rings is 1. The highest BCUT2D eigenvalue weighted by Crippen LogP contribution is 2.39. The Labute approximate surface area is 148 Å². The Morgan fingerprint density at radius 1 is 1.28 bits per heavy atom. The minimum atomic E-state index is -0.639. The maximum Gasteiger partial charge on any atom is 0.266 e. The van der Waals surface area contributed by atoms with Gasteiger partial charge in [-0.3, -0.25) is 9.59 Å². The quantitative estimate of drug-likeness (QED) is 0.817. The predicted molar refractivity (Wildman–Crippen MR) is 92.8 cm³/mol. The number of hydrogen-bond acceptors (Lipinski definition) is 5. The Morgan fingerprint density at radius 3 is 2.56 bits per heavy atom. The van der Waals surface area contributed by atoms with Gasteiger partial charge in [-0.2, -0.15) is 5.26 Å². The van der Waals surface area contributed by atoms with Gasteiger partial charge in [0.15, 0.2) is 18.1 Å². The van der Waals surface area contributed by atoms with Crippen LogP contribution in [0.2, 0.25) is 5.02 Å². The van der Waals surface area contributed by atoms with Crippen molar-refractivity contribution in [1.29, 1.82) is 5.26 Å². The maximum atomic E-state index is 12.0. The van der Waals surface area contributed by atoms with Gasteiger partial charge >= 0.3 is 0 Å². The van der Waals surface area contributed by atoms with Gasteiger partial charge in [0.1, 0.15) is 11.6 Å². The van der Waals surface area contributed by atoms with Crippen molar-refractivity contribution in [3.63, 3.8) is 0 Å². The van der Waals surface area contributed by atoms with Crippen LogP contribution in [0.5, 0.6) is 11.5 Å². The number of aromatic nitrogens is 1. The molecule has 0 bridgehead atoms. The topological polar surface area (TPSA) is 118 Å². The van der Waals surface area contributed by atoms with Crippen molar-refractivity contribution >= 4 is 17.5 Å². The Bertz CT molecular complexity index is 915. The number of rotatable bonds is 6. The molecule has 25 heavy (non-hydrogen) atoms. The van der Waals surface area contributed by atoms with E-state index in [0.717, 1.165) is 0 Å². The lowest BCUT2D eigenvalue weighted by Gasteiger charge is -2.15. The third-order valence-corrected chi connectivity index (χ3v) is 3.59. The third-order valence-electron chi connectivity index (χ3n) is 3.27. The maximum absolute atomic E-state index is 12.0. The molecule has 0 aliphatic rings. The first-order valence-electron chi connectivity index (χ1n) is 7.39. The molecule has 130 valence electrons. The number of carbonyl (C=O) groups excluding carboxylic acids is 1. The molecular weight excluding hydrogens is 346 g/mol. The highest BCUT2D eigenvalue weighted by Gasteiger charge is 2.17. The number of pyridine rings is 1. The monoisotopic (exact) mass is 361 g/mol. The highest BCUT2D eigenvalue weighted by atomic mass is 35.5. The zero-order valence-electron chi connectivity index (χ0n) is 13.7. The first-order chi connectivity index (χ1) is 11.9. The molecule has 1 heterocycles. The summed E-state index contributed by atoms with van der Waals surface area (Å²) in [5.41, 5.74) is 5.95. The number of hydrogen-bond donors (Lipinski definition) is 2. The van der Waals surface area contributed by atoms with Gasteiger partial charge in [0.25, 0.3) is 11.5 Å². The molecule has 1 aromatic heterocycles. The van der Waals surface area contributed by atoms with Crippen molar-refractivity contribution in [3.8, 4) is 28.7 Å². The summed E-state index contributed by atoms with van der Waals surface area (Å²) >= 11 is 6.31. The van der Waals surface area contributed by atoms with Crippen LogP contribution in [0.15, 0.2) is 23.0 Å². The van der Waals surface area contributed by atoms with E-state index in [1.54, 1.807) is 26.0 Å². The number of amides is 1. The van der Waals surface area contributed by atoms with Gasteiger partial charge in [0.05, 0.1) is 11.6 Å². The standard InChI is InChI=1S/C17H16ClN3O4/c1-3-24-14-5-11(13(18)6-15(14)25-8-16(20)22)10-4-9(2)21-17(23)12(10)7-19/h4-6H,3,8H2,1-2H3,(H2,20,22)(H,21,23). The normalized spacial score (nSPS) is 10.2. The fraction of sp³-hybridized carbons (Fsp3) is 0.235. The van der Waals surface area contributed by atoms with Gasteiger partial charge in [-0.25, -0.2) is 0 Å². The number of nitrogens with zero attached hydrogens (tertiary/aromatic N) is 1. The number of H-pyrrole nitrogens is 1. The fourth-order valence-electron chi connectivity index (χ4n) is 2.28. The van der Waals surface area contributed by atoms with Crippen LogP contribution < -0.4 is 20.8 Å². The summed E-state index contributed by atoms with van der Waals surface area (Å²) in [5.74, 6) is -0.0703. The summed E-state index contributed by atoms with van der Waals surface area (Å²) in [6, 6.07) is 6.57. The largest absolute Gasteiger partial charge is 0.490 e. The minimum absolute atomic E-state index is 0.0549. The van der Waals surface area contributed by atoms with E-state index in [2.05, 4.69) is 4.98 Å². The lowest BCUT2D eigenvalue weighted by Crippen LogP contribution is -2.20. The molecule has 2 aromatic rings. The molecule has 1 amide bonds. The van der Waals surface area contributed by atoms with Crippen LogP contribution in [0.4, 0.5) is 0 Å². The van der Waals surface area contributed by atoms with Gasteiger partial charge in [-0.05, 0) is 26.0 Å². The number of aryl methyl sites for hydroxylation is 1. The van der Waals surface area contributed by atoms with Crippen LogP contribution in [0.25, 0.3) is 11.1 Å². The third kappa shape index (κ3) is 4.11. The van der Waals surface area contributed by atoms with E-state index < -0.39 is 11.5 Å². The van der Waals surface area contributed by atoms with E-state index in [4.69, 9.17) is 26.8 Å². The van der Waals surface area contributed by atoms with Crippen LogP contribution in [0.1, 0.15) is 18.2 Å². The molecule has 0 atom stereocenters. The summed E-state index contributed by atoms with van der Waals surface area (Å²) in [6.07, 6.45) is 0. The van der Waals surface area contributed by atoms with Crippen molar-refractivity contribution in [2.45, 2.75) is 13.8 Å². The Morgan fingerprint density at radius 2 is 1.96 bits per heavy atom. The summed E-state index contributed by atoms with van der Waals surface area (Å²) < 4.78 is 10.8. The number of nitrogens with two attached hydrogens (primary N) is 1. The number of ether oxygens (including phenoxy) is 2. The molecule has 0 saturated carbocycles. The Kier molecular flexibility index (Phi) is 5.67. The number of primary amides is 1. The van der Waals surface area contributed by atoms with Crippen LogP contribution in [-0.2, 0) is 4.79 Å². The minimum Gasteiger partial charge on any atom is -0.490 e. The van der Waals surface area contributed by atoms with Crippen molar-refractivity contribution < 1.29 is 14.3 Å². The van der Waals surface area contributed by atoms with Crippen LogP contribution in [0.3, 0.4) is 0 Å². The molecule has 0 saturated heterocycles. The molecular formula is C17H16ClN3O4. The molecule has 2 rings (SSSR count). The Hall–Kier alpha value is -2.98. The number of halogens is 1. The molecule has 0 aliphatic heterocycles. The number of nitriles is 1. The van der Waals surface area contributed by atoms with Crippen molar-refractivity contribution in [1.82, 2.24) is 4.98 Å². The van der Waals surface area contributed by atoms with E-state index >= 15 is 0 Å². The summed E-state index contributed by atoms with van der Waals surface area (Å²) in [4.78, 5) is 25.5. The lowest BCUT2D eigenvalue weighted by molar-refractivity contribution is -0.119. The Balaban J connectivity index is 2.64. The summed E-state index contributed by atoms with van der Waals surface area (Å²) in [6.45, 7) is 3.49. The molecule has 7 nitrogen and oxygen atoms in total. The number of nitrogens with one attached hydrogen (secondary N) is 1. The number of aromatic amines is 1. The van der Waals surface area contributed by atoms with Gasteiger partial charge < -0.3 is 20.2 Å². The lowest BCUT2D eigenvalue weighted by atomic mass is 10.0. The first-order valence-corrected chi connectivity index (χ1v) is 7.77. The van der Waals surface area contributed by atoms with Crippen molar-refractivity contribution in [2.24, 2.45) is 5.73 Å². The van der Waals surface area contributed by atoms with Gasteiger partial charge in [0.2, 0.25) is 0 Å². The van der Waals surface area contributed by atoms with Gasteiger partial charge in [0, 0.05) is 22.9 Å². The smallest absolute Gasteiger partial charge is 0.266 e. The molecule has 0 spiro atoms. The van der Waals surface area contributed by atoms with Crippen LogP contribution in [0, 0.1) is 18.3 Å². The molecule has 3 N–H and O–H groups in total. The zero-order valence-corrected chi connectivity index (χ0v) is 14.4. The highest BCUT2D eigenvalue weighted by molar-refractivity contribution is 6.33. The fourth-order valence-corrected chi connectivity index (χ4v) is 2.54. The molecule has 8 heteroatoms. The summed E-state index contributed by atoms with van der Waals surface area (Å²) in [7, 11) is 0. The molecule has 1 aromatic carbocycles. The summed E-state index contributed by atoms with van der Waals surface area (Å²) in [5, 5.41) is 9.53. The van der Waals surface area contributed by atoms with E-state index in [-0.39, 0.29) is 22.9 Å². The van der Waals surface area contributed by atoms with Gasteiger partial charge in [-0.1, -0.05) is 11.6 Å².